The lowest BCUT2D eigenvalue weighted by Gasteiger charge is -2.15. The molecule has 0 radical (unpaired) electrons. The Balaban J connectivity index is 2.47. The van der Waals surface area contributed by atoms with Gasteiger partial charge in [0.2, 0.25) is 5.91 Å². The molecule has 2 N–H and O–H groups in total. The van der Waals surface area contributed by atoms with E-state index in [0.29, 0.717) is 0 Å². The van der Waals surface area contributed by atoms with Gasteiger partial charge in [0, 0.05) is 13.1 Å². The number of nitrogens with zero attached hydrogens (tertiary/aromatic N) is 2. The molecule has 0 unspecified atom stereocenters. The Morgan fingerprint density at radius 2 is 2.47 bits per heavy atom. The van der Waals surface area contributed by atoms with Crippen LogP contribution in [0, 0.1) is 5.82 Å². The number of carbonyl (C=O) groups is 1. The van der Waals surface area contributed by atoms with Crippen LogP contribution < -0.4 is 15.4 Å². The first-order chi connectivity index (χ1) is 7.09. The van der Waals surface area contributed by atoms with Crippen LogP contribution in [0.5, 0.6) is 5.75 Å². The Hall–Kier alpha value is -1.69. The zero-order valence-electron chi connectivity index (χ0n) is 8.11. The molecule has 5 nitrogen and oxygen atoms in total. The summed E-state index contributed by atoms with van der Waals surface area (Å²) in [7, 11) is 1.53. The van der Waals surface area contributed by atoms with Gasteiger partial charge in [0.1, 0.15) is 18.5 Å². The van der Waals surface area contributed by atoms with E-state index in [4.69, 9.17) is 10.5 Å². The van der Waals surface area contributed by atoms with Gasteiger partial charge in [-0.1, -0.05) is 0 Å². The summed E-state index contributed by atoms with van der Waals surface area (Å²) in [6.07, 6.45) is 1.03. The highest BCUT2D eigenvalue weighted by Crippen LogP contribution is 2.28. The Bertz CT molecular complexity index is 410. The summed E-state index contributed by atoms with van der Waals surface area (Å²) >= 11 is 0. The fourth-order valence-electron chi connectivity index (χ4n) is 1.38. The molecule has 15 heavy (non-hydrogen) atoms. The number of nitrogens with two attached hydrogens (primary N) is 1. The van der Waals surface area contributed by atoms with Crippen LogP contribution in [0.2, 0.25) is 0 Å². The molecule has 1 aromatic rings. The maximum absolute atomic E-state index is 12.9. The highest BCUT2D eigenvalue weighted by molar-refractivity contribution is 5.97. The van der Waals surface area contributed by atoms with Gasteiger partial charge in [0.25, 0.3) is 0 Å². The van der Waals surface area contributed by atoms with Crippen LogP contribution in [0.3, 0.4) is 0 Å². The molecule has 0 spiro atoms. The third-order valence-corrected chi connectivity index (χ3v) is 2.18. The molecule has 1 atom stereocenters. The highest BCUT2D eigenvalue weighted by Gasteiger charge is 2.27. The number of aromatic nitrogens is 1. The molecule has 0 bridgehead atoms. The first-order valence-electron chi connectivity index (χ1n) is 4.41. The van der Waals surface area contributed by atoms with E-state index in [1.165, 1.54) is 18.0 Å². The Morgan fingerprint density at radius 1 is 1.73 bits per heavy atom. The summed E-state index contributed by atoms with van der Waals surface area (Å²) in [5.41, 5.74) is 5.55. The number of likely N-dealkylation sites (N-methyl/N-ethyl adjacent to an activating group) is 1. The van der Waals surface area contributed by atoms with Crippen molar-refractivity contribution >= 4 is 11.7 Å². The normalized spacial score (nSPS) is 20.6. The van der Waals surface area contributed by atoms with E-state index in [-0.39, 0.29) is 24.1 Å². The van der Waals surface area contributed by atoms with Gasteiger partial charge in [0.15, 0.2) is 11.6 Å². The lowest BCUT2D eigenvalue weighted by atomic mass is 10.3. The topological polar surface area (TPSA) is 68.5 Å². The molecule has 0 fully saturated rings. The Labute approximate surface area is 85.6 Å². The Morgan fingerprint density at radius 3 is 3.20 bits per heavy atom. The van der Waals surface area contributed by atoms with E-state index >= 15 is 0 Å². The minimum absolute atomic E-state index is 0.0291. The van der Waals surface area contributed by atoms with Gasteiger partial charge in [0.05, 0.1) is 6.20 Å². The number of rotatable bonds is 0. The number of ether oxygens (including phenoxy) is 1. The molecule has 1 aliphatic heterocycles. The fraction of sp³-hybridized carbons (Fsp3) is 0.333. The summed E-state index contributed by atoms with van der Waals surface area (Å²) in [5, 5.41) is 0. The van der Waals surface area contributed by atoms with Crippen molar-refractivity contribution in [2.24, 2.45) is 5.73 Å². The molecule has 80 valence electrons. The number of carbonyl (C=O) groups excluding carboxylic acids is 1. The Kier molecular flexibility index (Phi) is 2.28. The van der Waals surface area contributed by atoms with E-state index in [1.807, 2.05) is 0 Å². The predicted molar refractivity (Wildman–Crippen MR) is 51.1 cm³/mol. The quantitative estimate of drug-likeness (QED) is 0.650. The largest absolute Gasteiger partial charge is 0.487 e. The van der Waals surface area contributed by atoms with E-state index < -0.39 is 11.9 Å². The summed E-state index contributed by atoms with van der Waals surface area (Å²) in [6.45, 7) is 0.0291. The smallest absolute Gasteiger partial charge is 0.248 e. The molecule has 0 saturated heterocycles. The molecule has 2 rings (SSSR count). The molecule has 0 saturated carbocycles. The van der Waals surface area contributed by atoms with Crippen molar-refractivity contribution in [2.45, 2.75) is 6.04 Å². The number of hydrogen-bond acceptors (Lipinski definition) is 4. The van der Waals surface area contributed by atoms with Gasteiger partial charge in [-0.15, -0.1) is 0 Å². The van der Waals surface area contributed by atoms with Crippen molar-refractivity contribution in [1.82, 2.24) is 4.98 Å². The summed E-state index contributed by atoms with van der Waals surface area (Å²) in [4.78, 5) is 16.6. The average molecular weight is 211 g/mol. The van der Waals surface area contributed by atoms with Crippen LogP contribution in [0.1, 0.15) is 0 Å². The minimum atomic E-state index is -0.743. The molecular formula is C9H10FN3O2. The third kappa shape index (κ3) is 1.63. The number of fused-ring (bicyclic) bond motifs is 1. The van der Waals surface area contributed by atoms with Crippen LogP contribution in [0.4, 0.5) is 10.2 Å². The second kappa shape index (κ2) is 3.47. The average Bonchev–Trinajstić information content (AvgIpc) is 2.32. The highest BCUT2D eigenvalue weighted by atomic mass is 19.1. The molecule has 1 amide bonds. The third-order valence-electron chi connectivity index (χ3n) is 2.18. The van der Waals surface area contributed by atoms with Crippen molar-refractivity contribution in [2.75, 3.05) is 18.6 Å². The first-order valence-corrected chi connectivity index (χ1v) is 4.41. The number of amides is 1. The molecule has 1 aromatic heterocycles. The van der Waals surface area contributed by atoms with E-state index in [9.17, 15) is 9.18 Å². The fourth-order valence-corrected chi connectivity index (χ4v) is 1.38. The van der Waals surface area contributed by atoms with Gasteiger partial charge in [-0.25, -0.2) is 9.37 Å². The molecule has 1 aliphatic rings. The van der Waals surface area contributed by atoms with Crippen LogP contribution in [0.15, 0.2) is 12.3 Å². The van der Waals surface area contributed by atoms with Crippen molar-refractivity contribution in [3.8, 4) is 5.75 Å². The maximum Gasteiger partial charge on any atom is 0.248 e. The van der Waals surface area contributed by atoms with Crippen molar-refractivity contribution < 1.29 is 13.9 Å². The number of pyridine rings is 1. The standard InChI is InChI=1S/C9H10FN3O2/c1-13-8-7(2-5(10)3-12-8)15-4-6(11)9(13)14/h2-3,6H,4,11H2,1H3/t6-/m0/s1. The van der Waals surface area contributed by atoms with Crippen LogP contribution >= 0.6 is 0 Å². The molecule has 6 heteroatoms. The SMILES string of the molecule is CN1C(=O)[C@@H](N)COc2cc(F)cnc21. The number of hydrogen-bond donors (Lipinski definition) is 1. The summed E-state index contributed by atoms with van der Waals surface area (Å²) in [5.74, 6) is -0.286. The van der Waals surface area contributed by atoms with Crippen LogP contribution in [-0.4, -0.2) is 30.6 Å². The van der Waals surface area contributed by atoms with Gasteiger partial charge in [-0.3, -0.25) is 9.69 Å². The summed E-state index contributed by atoms with van der Waals surface area (Å²) < 4.78 is 18.1. The zero-order chi connectivity index (χ0) is 11.0. The second-order valence-corrected chi connectivity index (χ2v) is 3.29. The van der Waals surface area contributed by atoms with Crippen LogP contribution in [-0.2, 0) is 4.79 Å². The van der Waals surface area contributed by atoms with Gasteiger partial charge in [-0.2, -0.15) is 0 Å². The maximum atomic E-state index is 12.9. The van der Waals surface area contributed by atoms with Gasteiger partial charge < -0.3 is 10.5 Å². The van der Waals surface area contributed by atoms with E-state index in [0.717, 1.165) is 6.20 Å². The summed E-state index contributed by atoms with van der Waals surface area (Å²) in [6, 6.07) is 0.441. The monoisotopic (exact) mass is 211 g/mol. The number of anilines is 1. The first kappa shape index (κ1) is 9.85. The molecule has 0 aliphatic carbocycles. The van der Waals surface area contributed by atoms with Crippen molar-refractivity contribution in [3.05, 3.63) is 18.1 Å². The lowest BCUT2D eigenvalue weighted by molar-refractivity contribution is -0.119. The van der Waals surface area contributed by atoms with Gasteiger partial charge in [-0.05, 0) is 0 Å². The number of halogens is 1. The van der Waals surface area contributed by atoms with Crippen molar-refractivity contribution in [1.29, 1.82) is 0 Å². The predicted octanol–water partition coefficient (Wildman–Crippen LogP) is -0.0968. The molecule has 0 aromatic carbocycles. The molecular weight excluding hydrogens is 201 g/mol. The van der Waals surface area contributed by atoms with Crippen LogP contribution in [0.25, 0.3) is 0 Å². The minimum Gasteiger partial charge on any atom is -0.487 e. The lowest BCUT2D eigenvalue weighted by Crippen LogP contribution is -2.43. The zero-order valence-corrected chi connectivity index (χ0v) is 8.11. The molecule has 2 heterocycles. The van der Waals surface area contributed by atoms with Crippen molar-refractivity contribution in [3.63, 3.8) is 0 Å². The second-order valence-electron chi connectivity index (χ2n) is 3.29. The van der Waals surface area contributed by atoms with E-state index in [1.54, 1.807) is 0 Å². The van der Waals surface area contributed by atoms with Gasteiger partial charge >= 0.3 is 0 Å². The van der Waals surface area contributed by atoms with E-state index in [2.05, 4.69) is 4.98 Å².